The minimum atomic E-state index is -0.699. The molecule has 1 amide bonds. The van der Waals surface area contributed by atoms with Crippen molar-refractivity contribution in [2.75, 3.05) is 56.3 Å². The maximum absolute atomic E-state index is 12.8. The van der Waals surface area contributed by atoms with Crippen LogP contribution in [0, 0.1) is 18.3 Å². The average Bonchev–Trinajstić information content (AvgIpc) is 4.02. The second kappa shape index (κ2) is 13.0. The number of benzene rings is 2. The summed E-state index contributed by atoms with van der Waals surface area (Å²) >= 11 is 1.94. The van der Waals surface area contributed by atoms with Crippen molar-refractivity contribution in [1.29, 1.82) is 5.26 Å². The maximum Gasteiger partial charge on any atom is 0.318 e. The Kier molecular flexibility index (Phi) is 8.75. The molecule has 7 rings (SSSR count). The van der Waals surface area contributed by atoms with E-state index in [-0.39, 0.29) is 23.2 Å². The van der Waals surface area contributed by atoms with Crippen LogP contribution in [0.15, 0.2) is 48.6 Å². The third-order valence-corrected chi connectivity index (χ3v) is 12.0. The standard InChI is InChI=1S/C36H42FN7O2S/c1-24-7-4-8-25-9-5-10-30(33(24)25)42-18-15-28-29(22-42)39-35(46-23-31-36(2,47-31)41(3)26-12-13-26)40-34(28)43-19-20-44(27(21-43)14-17-38)32(45)11-6-16-37/h4-11,26-27,31H,12-16,18-23H2,1-3H3/b11-6+/t27-,31?,36-/m0/s1. The van der Waals surface area contributed by atoms with Crippen LogP contribution >= 0.6 is 11.8 Å². The molecule has 4 aliphatic rings. The number of piperazine rings is 1. The molecule has 1 aliphatic carbocycles. The van der Waals surface area contributed by atoms with Crippen LogP contribution in [0.3, 0.4) is 0 Å². The van der Waals surface area contributed by atoms with Crippen LogP contribution in [0.4, 0.5) is 15.9 Å². The largest absolute Gasteiger partial charge is 0.462 e. The summed E-state index contributed by atoms with van der Waals surface area (Å²) in [5, 5.41) is 12.5. The number of alkyl halides is 1. The summed E-state index contributed by atoms with van der Waals surface area (Å²) in [4.78, 5) is 31.8. The molecule has 3 atom stereocenters. The zero-order valence-electron chi connectivity index (χ0n) is 27.4. The zero-order chi connectivity index (χ0) is 32.7. The number of aryl methyl sites for hydroxylation is 1. The van der Waals surface area contributed by atoms with Gasteiger partial charge in [0.1, 0.15) is 19.1 Å². The van der Waals surface area contributed by atoms with Crippen LogP contribution in [0.5, 0.6) is 6.01 Å². The summed E-state index contributed by atoms with van der Waals surface area (Å²) in [6.07, 6.45) is 5.97. The van der Waals surface area contributed by atoms with Crippen LogP contribution in [-0.4, -0.2) is 94.4 Å². The van der Waals surface area contributed by atoms with E-state index < -0.39 is 6.67 Å². The lowest BCUT2D eigenvalue weighted by molar-refractivity contribution is -0.128. The number of nitriles is 1. The third-order valence-electron chi connectivity index (χ3n) is 10.3. The third kappa shape index (κ3) is 6.25. The second-order valence-corrected chi connectivity index (χ2v) is 14.9. The van der Waals surface area contributed by atoms with Crippen molar-refractivity contribution < 1.29 is 13.9 Å². The van der Waals surface area contributed by atoms with Crippen molar-refractivity contribution in [3.8, 4) is 12.1 Å². The van der Waals surface area contributed by atoms with E-state index in [0.717, 1.165) is 30.0 Å². The predicted molar refractivity (Wildman–Crippen MR) is 185 cm³/mol. The summed E-state index contributed by atoms with van der Waals surface area (Å²) in [6, 6.07) is 15.9. The maximum atomic E-state index is 12.8. The highest BCUT2D eigenvalue weighted by atomic mass is 32.2. The molecule has 3 fully saturated rings. The van der Waals surface area contributed by atoms with Crippen molar-refractivity contribution in [3.05, 3.63) is 65.4 Å². The first kappa shape index (κ1) is 31.7. The average molecular weight is 656 g/mol. The molecule has 9 nitrogen and oxygen atoms in total. The number of aromatic nitrogens is 2. The molecule has 0 radical (unpaired) electrons. The van der Waals surface area contributed by atoms with Crippen molar-refractivity contribution >= 4 is 39.9 Å². The van der Waals surface area contributed by atoms with Crippen LogP contribution in [-0.2, 0) is 17.8 Å². The molecule has 2 aromatic carbocycles. The molecule has 0 bridgehead atoms. The highest BCUT2D eigenvalue weighted by Crippen LogP contribution is 2.57. The quantitative estimate of drug-likeness (QED) is 0.214. The predicted octanol–water partition coefficient (Wildman–Crippen LogP) is 5.26. The normalized spacial score (nSPS) is 24.1. The number of halogens is 1. The van der Waals surface area contributed by atoms with Gasteiger partial charge < -0.3 is 19.4 Å². The lowest BCUT2D eigenvalue weighted by Gasteiger charge is -2.42. The number of rotatable bonds is 10. The first-order valence-electron chi connectivity index (χ1n) is 16.6. The first-order valence-corrected chi connectivity index (χ1v) is 17.5. The lowest BCUT2D eigenvalue weighted by atomic mass is 9.99. The Morgan fingerprint density at radius 1 is 1.19 bits per heavy atom. The van der Waals surface area contributed by atoms with Gasteiger partial charge in [-0.2, -0.15) is 15.2 Å². The monoisotopic (exact) mass is 655 g/mol. The number of thioether (sulfide) groups is 1. The Labute approximate surface area is 280 Å². The highest BCUT2D eigenvalue weighted by molar-refractivity contribution is 8.08. The molecular formula is C36H42FN7O2S. The van der Waals surface area contributed by atoms with Gasteiger partial charge in [-0.05, 0) is 63.2 Å². The molecule has 1 unspecified atom stereocenters. The number of anilines is 2. The number of ether oxygens (including phenoxy) is 1. The van der Waals surface area contributed by atoms with Gasteiger partial charge in [-0.15, -0.1) is 11.8 Å². The molecule has 246 valence electrons. The number of fused-ring (bicyclic) bond motifs is 2. The Morgan fingerprint density at radius 3 is 2.77 bits per heavy atom. The Balaban J connectivity index is 1.18. The van der Waals surface area contributed by atoms with E-state index >= 15 is 0 Å². The summed E-state index contributed by atoms with van der Waals surface area (Å²) in [7, 11) is 2.22. The van der Waals surface area contributed by atoms with Gasteiger partial charge in [0.25, 0.3) is 0 Å². The fourth-order valence-electron chi connectivity index (χ4n) is 7.28. The summed E-state index contributed by atoms with van der Waals surface area (Å²) < 4.78 is 19.2. The van der Waals surface area contributed by atoms with Gasteiger partial charge in [0.05, 0.1) is 40.9 Å². The topological polar surface area (TPSA) is 88.8 Å². The number of hydrogen-bond donors (Lipinski definition) is 0. The SMILES string of the molecule is Cc1cccc2cccc(N3CCc4c(nc(OCC5S[C@]5(C)N(C)C5CC5)nc4N4CCN(C(=O)/C=C/CF)[C@@H](CC#N)C4)C3)c12. The van der Waals surface area contributed by atoms with E-state index in [1.165, 1.54) is 47.0 Å². The molecule has 3 aliphatic heterocycles. The molecule has 0 spiro atoms. The Hall–Kier alpha value is -3.88. The Bertz CT molecular complexity index is 1740. The molecule has 1 aromatic heterocycles. The summed E-state index contributed by atoms with van der Waals surface area (Å²) in [5.41, 5.74) is 4.49. The van der Waals surface area contributed by atoms with E-state index in [1.807, 2.05) is 11.8 Å². The van der Waals surface area contributed by atoms with E-state index in [4.69, 9.17) is 14.7 Å². The Morgan fingerprint density at radius 2 is 2.00 bits per heavy atom. The molecule has 0 N–H and O–H groups in total. The first-order chi connectivity index (χ1) is 22.8. The van der Waals surface area contributed by atoms with Crippen molar-refractivity contribution in [2.45, 2.75) is 68.3 Å². The lowest BCUT2D eigenvalue weighted by Crippen LogP contribution is -2.55. The number of allylic oxidation sites excluding steroid dienone is 1. The van der Waals surface area contributed by atoms with E-state index in [0.29, 0.717) is 50.1 Å². The molecular weight excluding hydrogens is 614 g/mol. The van der Waals surface area contributed by atoms with Crippen molar-refractivity contribution in [3.63, 3.8) is 0 Å². The smallest absolute Gasteiger partial charge is 0.318 e. The fourth-order valence-corrected chi connectivity index (χ4v) is 8.47. The van der Waals surface area contributed by atoms with Crippen molar-refractivity contribution in [2.24, 2.45) is 0 Å². The zero-order valence-corrected chi connectivity index (χ0v) is 28.2. The molecule has 2 saturated heterocycles. The van der Waals surface area contributed by atoms with Crippen LogP contribution in [0.1, 0.15) is 43.0 Å². The van der Waals surface area contributed by atoms with Gasteiger partial charge in [-0.1, -0.05) is 30.3 Å². The van der Waals surface area contributed by atoms with Crippen LogP contribution in [0.25, 0.3) is 10.8 Å². The van der Waals surface area contributed by atoms with Gasteiger partial charge in [0.2, 0.25) is 5.91 Å². The second-order valence-electron chi connectivity index (χ2n) is 13.2. The van der Waals surface area contributed by atoms with E-state index in [1.54, 1.807) is 4.90 Å². The van der Waals surface area contributed by atoms with Gasteiger partial charge >= 0.3 is 6.01 Å². The van der Waals surface area contributed by atoms with Crippen LogP contribution in [0.2, 0.25) is 0 Å². The molecule has 11 heteroatoms. The van der Waals surface area contributed by atoms with Gasteiger partial charge in [-0.3, -0.25) is 9.69 Å². The molecule has 1 saturated carbocycles. The van der Waals surface area contributed by atoms with Gasteiger partial charge in [0.15, 0.2) is 0 Å². The van der Waals surface area contributed by atoms with Gasteiger partial charge in [-0.25, -0.2) is 4.39 Å². The number of amides is 1. The highest BCUT2D eigenvalue weighted by Gasteiger charge is 2.57. The van der Waals surface area contributed by atoms with Crippen LogP contribution < -0.4 is 14.5 Å². The van der Waals surface area contributed by atoms with Gasteiger partial charge in [0, 0.05) is 54.9 Å². The number of hydrogen-bond acceptors (Lipinski definition) is 9. The minimum Gasteiger partial charge on any atom is -0.462 e. The number of carbonyl (C=O) groups is 1. The molecule has 47 heavy (non-hydrogen) atoms. The van der Waals surface area contributed by atoms with Crippen molar-refractivity contribution in [1.82, 2.24) is 19.8 Å². The summed E-state index contributed by atoms with van der Waals surface area (Å²) in [6.45, 7) is 7.16. The molecule has 4 heterocycles. The van der Waals surface area contributed by atoms with E-state index in [9.17, 15) is 14.4 Å². The number of nitrogens with zero attached hydrogens (tertiary/aromatic N) is 7. The summed E-state index contributed by atoms with van der Waals surface area (Å²) in [5.74, 6) is 0.563. The molecule has 3 aromatic rings. The minimum absolute atomic E-state index is 0.0746. The fraction of sp³-hybridized carbons (Fsp3) is 0.500. The van der Waals surface area contributed by atoms with E-state index in [2.05, 4.69) is 78.1 Å². The number of carbonyl (C=O) groups excluding carboxylic acids is 1.